The highest BCUT2D eigenvalue weighted by Gasteiger charge is 2.21. The van der Waals surface area contributed by atoms with E-state index in [-0.39, 0.29) is 0 Å². The number of aromatic nitrogens is 2. The number of rotatable bonds is 4. The van der Waals surface area contributed by atoms with Crippen LogP contribution in [0.3, 0.4) is 0 Å². The summed E-state index contributed by atoms with van der Waals surface area (Å²) in [5.41, 5.74) is 4.61. The molecule has 2 aliphatic rings. The monoisotopic (exact) mass is 323 g/mol. The third-order valence-corrected chi connectivity index (χ3v) is 4.91. The lowest BCUT2D eigenvalue weighted by Crippen LogP contribution is -2.24. The second kappa shape index (κ2) is 6.77. The molecule has 1 aliphatic heterocycles. The predicted octanol–water partition coefficient (Wildman–Crippen LogP) is 3.88. The zero-order valence-electron chi connectivity index (χ0n) is 14.2. The summed E-state index contributed by atoms with van der Waals surface area (Å²) in [4.78, 5) is 9.53. The zero-order valence-corrected chi connectivity index (χ0v) is 14.2. The summed E-state index contributed by atoms with van der Waals surface area (Å²) < 4.78 is 0. The number of nitrogens with one attached hydrogen (secondary N) is 3. The summed E-state index contributed by atoms with van der Waals surface area (Å²) in [5.74, 6) is 1.69. The van der Waals surface area contributed by atoms with Crippen LogP contribution in [0.5, 0.6) is 0 Å². The molecule has 1 aliphatic carbocycles. The lowest BCUT2D eigenvalue weighted by molar-refractivity contribution is 0.461. The summed E-state index contributed by atoms with van der Waals surface area (Å²) in [6.45, 7) is 3.75. The Bertz CT molecular complexity index is 722. The van der Waals surface area contributed by atoms with Crippen molar-refractivity contribution in [2.75, 3.05) is 10.6 Å². The average Bonchev–Trinajstić information content (AvgIpc) is 3.05. The average molecular weight is 323 g/mol. The molecule has 24 heavy (non-hydrogen) atoms. The number of aryl methyl sites for hydroxylation is 1. The van der Waals surface area contributed by atoms with E-state index in [9.17, 15) is 0 Å². The minimum Gasteiger partial charge on any atom is -0.351 e. The van der Waals surface area contributed by atoms with Gasteiger partial charge in [-0.3, -0.25) is 0 Å². The van der Waals surface area contributed by atoms with Crippen LogP contribution in [0, 0.1) is 6.92 Å². The molecule has 0 spiro atoms. The maximum absolute atomic E-state index is 4.79. The van der Waals surface area contributed by atoms with E-state index >= 15 is 0 Å². The van der Waals surface area contributed by atoms with Gasteiger partial charge in [0.1, 0.15) is 5.82 Å². The molecule has 0 amide bonds. The lowest BCUT2D eigenvalue weighted by atomic mass is 9.96. The molecule has 5 nitrogen and oxygen atoms in total. The summed E-state index contributed by atoms with van der Waals surface area (Å²) in [6.07, 6.45) is 6.41. The van der Waals surface area contributed by atoms with Crippen molar-refractivity contribution >= 4 is 17.5 Å². The maximum atomic E-state index is 4.79. The Morgan fingerprint density at radius 2 is 1.96 bits per heavy atom. The molecule has 5 heteroatoms. The fourth-order valence-electron chi connectivity index (χ4n) is 3.63. The first-order chi connectivity index (χ1) is 11.8. The Labute approximate surface area is 143 Å². The molecule has 1 fully saturated rings. The lowest BCUT2D eigenvalue weighted by Gasteiger charge is -2.23. The minimum absolute atomic E-state index is 0.512. The van der Waals surface area contributed by atoms with Gasteiger partial charge in [0.15, 0.2) is 0 Å². The summed E-state index contributed by atoms with van der Waals surface area (Å²) in [5, 5.41) is 10.4. The first-order valence-electron chi connectivity index (χ1n) is 8.99. The van der Waals surface area contributed by atoms with Gasteiger partial charge in [-0.05, 0) is 37.5 Å². The first-order valence-corrected chi connectivity index (χ1v) is 8.99. The highest BCUT2D eigenvalue weighted by atomic mass is 15.2. The van der Waals surface area contributed by atoms with Gasteiger partial charge < -0.3 is 16.0 Å². The van der Waals surface area contributed by atoms with Crippen molar-refractivity contribution in [2.45, 2.75) is 58.2 Å². The predicted molar refractivity (Wildman–Crippen MR) is 97.5 cm³/mol. The van der Waals surface area contributed by atoms with Gasteiger partial charge in [-0.25, -0.2) is 4.98 Å². The fourth-order valence-corrected chi connectivity index (χ4v) is 3.63. The minimum atomic E-state index is 0.512. The van der Waals surface area contributed by atoms with Crippen molar-refractivity contribution < 1.29 is 0 Å². The van der Waals surface area contributed by atoms with Crippen molar-refractivity contribution in [1.29, 1.82) is 0 Å². The van der Waals surface area contributed by atoms with E-state index < -0.39 is 0 Å². The van der Waals surface area contributed by atoms with E-state index in [0.717, 1.165) is 36.2 Å². The first kappa shape index (κ1) is 15.4. The van der Waals surface area contributed by atoms with Crippen molar-refractivity contribution in [3.63, 3.8) is 0 Å². The summed E-state index contributed by atoms with van der Waals surface area (Å²) in [6, 6.07) is 8.91. The standard InChI is InChI=1S/C19H25N5/c1-13-6-5-9-15(10-13)21-18-16-11-20-12-17(16)23-19(24-18)22-14-7-3-2-4-8-14/h5-6,9-10,14,20H,2-4,7-8,11-12H2,1H3,(H2,21,22,23,24). The quantitative estimate of drug-likeness (QED) is 0.797. The molecule has 1 aromatic heterocycles. The molecular weight excluding hydrogens is 298 g/mol. The van der Waals surface area contributed by atoms with Gasteiger partial charge in [-0.1, -0.05) is 31.4 Å². The molecule has 1 aromatic carbocycles. The largest absolute Gasteiger partial charge is 0.351 e. The molecule has 2 heterocycles. The van der Waals surface area contributed by atoms with Crippen LogP contribution in [0.4, 0.5) is 17.5 Å². The van der Waals surface area contributed by atoms with Gasteiger partial charge in [0.05, 0.1) is 5.69 Å². The molecule has 2 aromatic rings. The maximum Gasteiger partial charge on any atom is 0.225 e. The Hall–Kier alpha value is -2.14. The van der Waals surface area contributed by atoms with E-state index in [1.807, 2.05) is 0 Å². The molecular formula is C19H25N5. The summed E-state index contributed by atoms with van der Waals surface area (Å²) in [7, 11) is 0. The molecule has 1 saturated carbocycles. The smallest absolute Gasteiger partial charge is 0.225 e. The van der Waals surface area contributed by atoms with Crippen molar-refractivity contribution in [2.24, 2.45) is 0 Å². The second-order valence-electron chi connectivity index (χ2n) is 6.90. The normalized spacial score (nSPS) is 17.5. The molecule has 0 atom stereocenters. The number of hydrogen-bond donors (Lipinski definition) is 3. The van der Waals surface area contributed by atoms with Crippen molar-refractivity contribution in [3.05, 3.63) is 41.1 Å². The number of hydrogen-bond acceptors (Lipinski definition) is 5. The van der Waals surface area contributed by atoms with Crippen LogP contribution in [0.1, 0.15) is 48.9 Å². The van der Waals surface area contributed by atoms with Crippen LogP contribution < -0.4 is 16.0 Å². The van der Waals surface area contributed by atoms with Gasteiger partial charge in [0.2, 0.25) is 5.95 Å². The number of nitrogens with zero attached hydrogens (tertiary/aromatic N) is 2. The van der Waals surface area contributed by atoms with E-state index in [1.165, 1.54) is 43.2 Å². The molecule has 126 valence electrons. The second-order valence-corrected chi connectivity index (χ2v) is 6.90. The highest BCUT2D eigenvalue weighted by Crippen LogP contribution is 2.27. The SMILES string of the molecule is Cc1cccc(Nc2nc(NC3CCCCC3)nc3c2CNC3)c1. The Morgan fingerprint density at radius 3 is 2.79 bits per heavy atom. The van der Waals surface area contributed by atoms with Crippen LogP contribution in [-0.2, 0) is 13.1 Å². The van der Waals surface area contributed by atoms with Gasteiger partial charge in [0, 0.05) is 30.4 Å². The molecule has 0 saturated heterocycles. The van der Waals surface area contributed by atoms with Crippen molar-refractivity contribution in [3.8, 4) is 0 Å². The Kier molecular flexibility index (Phi) is 4.34. The molecule has 0 bridgehead atoms. The Balaban J connectivity index is 1.60. The molecule has 4 rings (SSSR count). The highest BCUT2D eigenvalue weighted by molar-refractivity contribution is 5.63. The molecule has 0 radical (unpaired) electrons. The Morgan fingerprint density at radius 1 is 1.08 bits per heavy atom. The fraction of sp³-hybridized carbons (Fsp3) is 0.474. The van der Waals surface area contributed by atoms with E-state index in [2.05, 4.69) is 47.1 Å². The third kappa shape index (κ3) is 3.36. The van der Waals surface area contributed by atoms with Crippen LogP contribution >= 0.6 is 0 Å². The van der Waals surface area contributed by atoms with E-state index in [4.69, 9.17) is 9.97 Å². The molecule has 3 N–H and O–H groups in total. The van der Waals surface area contributed by atoms with Crippen LogP contribution in [0.2, 0.25) is 0 Å². The third-order valence-electron chi connectivity index (χ3n) is 4.91. The van der Waals surface area contributed by atoms with Crippen molar-refractivity contribution in [1.82, 2.24) is 15.3 Å². The van der Waals surface area contributed by atoms with Crippen LogP contribution in [-0.4, -0.2) is 16.0 Å². The van der Waals surface area contributed by atoms with Gasteiger partial charge in [0.25, 0.3) is 0 Å². The number of benzene rings is 1. The van der Waals surface area contributed by atoms with Crippen LogP contribution in [0.25, 0.3) is 0 Å². The summed E-state index contributed by atoms with van der Waals surface area (Å²) >= 11 is 0. The zero-order chi connectivity index (χ0) is 16.4. The van der Waals surface area contributed by atoms with E-state index in [1.54, 1.807) is 0 Å². The van der Waals surface area contributed by atoms with Gasteiger partial charge >= 0.3 is 0 Å². The number of anilines is 3. The van der Waals surface area contributed by atoms with E-state index in [0.29, 0.717) is 6.04 Å². The van der Waals surface area contributed by atoms with Crippen LogP contribution in [0.15, 0.2) is 24.3 Å². The topological polar surface area (TPSA) is 61.9 Å². The molecule has 0 unspecified atom stereocenters. The van der Waals surface area contributed by atoms with Gasteiger partial charge in [-0.15, -0.1) is 0 Å². The van der Waals surface area contributed by atoms with Gasteiger partial charge in [-0.2, -0.15) is 4.98 Å². The number of fused-ring (bicyclic) bond motifs is 1.